The molecule has 0 bridgehead atoms. The average molecular weight is 355 g/mol. The lowest BCUT2D eigenvalue weighted by molar-refractivity contribution is -0.120. The van der Waals surface area contributed by atoms with E-state index in [4.69, 9.17) is 17.3 Å². The van der Waals surface area contributed by atoms with Crippen LogP contribution in [-0.2, 0) is 17.4 Å². The molecule has 0 spiro atoms. The lowest BCUT2D eigenvalue weighted by Crippen LogP contribution is -2.45. The van der Waals surface area contributed by atoms with Gasteiger partial charge in [0.2, 0.25) is 5.91 Å². The van der Waals surface area contributed by atoms with Crippen molar-refractivity contribution in [2.24, 2.45) is 12.8 Å². The lowest BCUT2D eigenvalue weighted by atomic mass is 9.92. The van der Waals surface area contributed by atoms with E-state index in [0.717, 1.165) is 16.8 Å². The molecule has 5 nitrogen and oxygen atoms in total. The van der Waals surface area contributed by atoms with Gasteiger partial charge in [-0.15, -0.1) is 0 Å². The zero-order chi connectivity index (χ0) is 18.0. The van der Waals surface area contributed by atoms with Crippen LogP contribution >= 0.6 is 11.6 Å². The molecule has 1 atom stereocenters. The number of aryl methyl sites for hydroxylation is 1. The highest BCUT2D eigenvalue weighted by atomic mass is 35.5. The first kappa shape index (κ1) is 17.2. The smallest absolute Gasteiger partial charge is 0.248 e. The number of nitrogens with zero attached hydrogens (tertiary/aromatic N) is 2. The van der Waals surface area contributed by atoms with Crippen molar-refractivity contribution in [3.63, 3.8) is 0 Å². The number of benzene rings is 2. The Morgan fingerprint density at radius 2 is 1.92 bits per heavy atom. The first-order chi connectivity index (χ1) is 11.9. The molecule has 0 saturated heterocycles. The van der Waals surface area contributed by atoms with Crippen molar-refractivity contribution >= 4 is 23.2 Å². The Morgan fingerprint density at radius 1 is 1.20 bits per heavy atom. The van der Waals surface area contributed by atoms with Crippen LogP contribution in [0.5, 0.6) is 0 Å². The standard InChI is InChI=1S/C19H19ClN4O/c1-19(21,13-6-4-3-5-7-13)18(25)23-14-8-9-15(16(20)12-14)17-10-11-22-24(17)2/h3-12H,21H2,1-2H3,(H,23,25). The zero-order valence-electron chi connectivity index (χ0n) is 14.0. The van der Waals surface area contributed by atoms with E-state index in [1.54, 1.807) is 29.9 Å². The minimum absolute atomic E-state index is 0.303. The van der Waals surface area contributed by atoms with E-state index in [0.29, 0.717) is 10.7 Å². The van der Waals surface area contributed by atoms with E-state index >= 15 is 0 Å². The van der Waals surface area contributed by atoms with Crippen molar-refractivity contribution in [2.45, 2.75) is 12.5 Å². The Bertz CT molecular complexity index is 903. The number of amides is 1. The summed E-state index contributed by atoms with van der Waals surface area (Å²) in [6.07, 6.45) is 1.71. The fourth-order valence-electron chi connectivity index (χ4n) is 2.62. The maximum Gasteiger partial charge on any atom is 0.248 e. The molecule has 1 aromatic heterocycles. The molecule has 0 radical (unpaired) electrons. The molecule has 0 aliphatic heterocycles. The van der Waals surface area contributed by atoms with Gasteiger partial charge in [-0.2, -0.15) is 5.10 Å². The number of aromatic nitrogens is 2. The van der Waals surface area contributed by atoms with Gasteiger partial charge in [-0.1, -0.05) is 41.9 Å². The summed E-state index contributed by atoms with van der Waals surface area (Å²) in [5.41, 5.74) is 8.17. The largest absolute Gasteiger partial charge is 0.324 e. The number of carbonyl (C=O) groups is 1. The summed E-state index contributed by atoms with van der Waals surface area (Å²) in [6.45, 7) is 1.68. The van der Waals surface area contributed by atoms with Gasteiger partial charge in [-0.3, -0.25) is 9.48 Å². The van der Waals surface area contributed by atoms with Crippen LogP contribution in [0.3, 0.4) is 0 Å². The van der Waals surface area contributed by atoms with Crippen molar-refractivity contribution in [3.05, 3.63) is 71.4 Å². The number of hydrogen-bond acceptors (Lipinski definition) is 3. The summed E-state index contributed by atoms with van der Waals surface area (Å²) in [4.78, 5) is 12.6. The summed E-state index contributed by atoms with van der Waals surface area (Å²) in [5, 5.41) is 7.51. The number of rotatable bonds is 4. The Balaban J connectivity index is 1.83. The Kier molecular flexibility index (Phi) is 4.61. The molecule has 3 N–H and O–H groups in total. The number of nitrogens with two attached hydrogens (primary N) is 1. The van der Waals surface area contributed by atoms with E-state index < -0.39 is 5.54 Å². The van der Waals surface area contributed by atoms with E-state index in [-0.39, 0.29) is 5.91 Å². The number of anilines is 1. The van der Waals surface area contributed by atoms with E-state index in [1.165, 1.54) is 0 Å². The summed E-state index contributed by atoms with van der Waals surface area (Å²) < 4.78 is 1.74. The lowest BCUT2D eigenvalue weighted by Gasteiger charge is -2.24. The fourth-order valence-corrected chi connectivity index (χ4v) is 2.89. The monoisotopic (exact) mass is 354 g/mol. The molecular formula is C19H19ClN4O. The quantitative estimate of drug-likeness (QED) is 0.752. The molecular weight excluding hydrogens is 336 g/mol. The maximum absolute atomic E-state index is 12.6. The first-order valence-electron chi connectivity index (χ1n) is 7.83. The minimum Gasteiger partial charge on any atom is -0.324 e. The van der Waals surface area contributed by atoms with Crippen molar-refractivity contribution in [2.75, 3.05) is 5.32 Å². The summed E-state index contributed by atoms with van der Waals surface area (Å²) >= 11 is 6.38. The van der Waals surface area contributed by atoms with E-state index in [9.17, 15) is 4.79 Å². The second-order valence-corrected chi connectivity index (χ2v) is 6.46. The van der Waals surface area contributed by atoms with Crippen molar-refractivity contribution in [1.82, 2.24) is 9.78 Å². The van der Waals surface area contributed by atoms with Gasteiger partial charge in [-0.05, 0) is 36.8 Å². The molecule has 25 heavy (non-hydrogen) atoms. The van der Waals surface area contributed by atoms with Crippen LogP contribution in [0.1, 0.15) is 12.5 Å². The molecule has 3 aromatic rings. The Hall–Kier alpha value is -2.63. The third kappa shape index (κ3) is 3.43. The van der Waals surface area contributed by atoms with Crippen LogP contribution in [0.4, 0.5) is 5.69 Å². The second-order valence-electron chi connectivity index (χ2n) is 6.06. The number of nitrogens with one attached hydrogen (secondary N) is 1. The van der Waals surface area contributed by atoms with Crippen LogP contribution in [0.25, 0.3) is 11.3 Å². The molecule has 1 heterocycles. The van der Waals surface area contributed by atoms with Gasteiger partial charge in [0.05, 0.1) is 10.7 Å². The molecule has 0 fully saturated rings. The predicted molar refractivity (Wildman–Crippen MR) is 100 cm³/mol. The SMILES string of the molecule is Cn1nccc1-c1ccc(NC(=O)C(C)(N)c2ccccc2)cc1Cl. The van der Waals surface area contributed by atoms with Crippen LogP contribution in [0.2, 0.25) is 5.02 Å². The van der Waals surface area contributed by atoms with E-state index in [2.05, 4.69) is 10.4 Å². The molecule has 0 saturated carbocycles. The molecule has 0 aliphatic carbocycles. The molecule has 2 aromatic carbocycles. The molecule has 6 heteroatoms. The zero-order valence-corrected chi connectivity index (χ0v) is 14.8. The highest BCUT2D eigenvalue weighted by Crippen LogP contribution is 2.30. The molecule has 3 rings (SSSR count). The maximum atomic E-state index is 12.6. The molecule has 1 amide bonds. The molecule has 128 valence electrons. The van der Waals surface area contributed by atoms with Crippen molar-refractivity contribution < 1.29 is 4.79 Å². The van der Waals surface area contributed by atoms with Gasteiger partial charge in [0.15, 0.2) is 0 Å². The topological polar surface area (TPSA) is 72.9 Å². The van der Waals surface area contributed by atoms with Gasteiger partial charge < -0.3 is 11.1 Å². The Morgan fingerprint density at radius 3 is 2.52 bits per heavy atom. The van der Waals surface area contributed by atoms with Crippen molar-refractivity contribution in [3.8, 4) is 11.3 Å². The highest BCUT2D eigenvalue weighted by Gasteiger charge is 2.30. The van der Waals surface area contributed by atoms with Crippen molar-refractivity contribution in [1.29, 1.82) is 0 Å². The third-order valence-electron chi connectivity index (χ3n) is 4.17. The summed E-state index contributed by atoms with van der Waals surface area (Å²) in [6, 6.07) is 16.5. The van der Waals surface area contributed by atoms with Gasteiger partial charge in [0.1, 0.15) is 5.54 Å². The molecule has 1 unspecified atom stereocenters. The number of hydrogen-bond donors (Lipinski definition) is 2. The number of carbonyl (C=O) groups excluding carboxylic acids is 1. The van der Waals surface area contributed by atoms with E-state index in [1.807, 2.05) is 49.5 Å². The second kappa shape index (κ2) is 6.70. The van der Waals surface area contributed by atoms with Gasteiger partial charge in [0.25, 0.3) is 0 Å². The van der Waals surface area contributed by atoms with Crippen LogP contribution < -0.4 is 11.1 Å². The fraction of sp³-hybridized carbons (Fsp3) is 0.158. The summed E-state index contributed by atoms with van der Waals surface area (Å²) in [7, 11) is 1.85. The molecule has 0 aliphatic rings. The van der Waals surface area contributed by atoms with Crippen LogP contribution in [0, 0.1) is 0 Å². The van der Waals surface area contributed by atoms with Crippen LogP contribution in [-0.4, -0.2) is 15.7 Å². The predicted octanol–water partition coefficient (Wildman–Crippen LogP) is 3.55. The minimum atomic E-state index is -1.14. The van der Waals surface area contributed by atoms with Gasteiger partial charge in [0, 0.05) is 24.5 Å². The summed E-state index contributed by atoms with van der Waals surface area (Å²) in [5.74, 6) is -0.303. The number of halogens is 1. The third-order valence-corrected chi connectivity index (χ3v) is 4.48. The highest BCUT2D eigenvalue weighted by molar-refractivity contribution is 6.33. The normalized spacial score (nSPS) is 13.3. The van der Waals surface area contributed by atoms with Crippen LogP contribution in [0.15, 0.2) is 60.8 Å². The van der Waals surface area contributed by atoms with Gasteiger partial charge >= 0.3 is 0 Å². The average Bonchev–Trinajstić information content (AvgIpc) is 3.01. The Labute approximate surface area is 151 Å². The first-order valence-corrected chi connectivity index (χ1v) is 8.21. The van der Waals surface area contributed by atoms with Gasteiger partial charge in [-0.25, -0.2) is 0 Å².